The van der Waals surface area contributed by atoms with Crippen LogP contribution < -0.4 is 10.1 Å². The molecule has 1 heterocycles. The van der Waals surface area contributed by atoms with E-state index < -0.39 is 0 Å². The Hall–Kier alpha value is -2.33. The van der Waals surface area contributed by atoms with Crippen LogP contribution in [-0.2, 0) is 11.2 Å². The van der Waals surface area contributed by atoms with E-state index in [4.69, 9.17) is 4.74 Å². The second-order valence-electron chi connectivity index (χ2n) is 7.71. The van der Waals surface area contributed by atoms with Crippen LogP contribution in [0.5, 0.6) is 5.75 Å². The summed E-state index contributed by atoms with van der Waals surface area (Å²) in [5, 5.41) is 3.18. The summed E-state index contributed by atoms with van der Waals surface area (Å²) in [6.07, 6.45) is 5.48. The van der Waals surface area contributed by atoms with E-state index in [2.05, 4.69) is 41.4 Å². The van der Waals surface area contributed by atoms with Crippen LogP contribution >= 0.6 is 0 Å². The first-order valence-electron chi connectivity index (χ1n) is 10.4. The molecule has 2 aromatic rings. The Labute approximate surface area is 168 Å². The lowest BCUT2D eigenvalue weighted by Crippen LogP contribution is -2.39. The minimum Gasteiger partial charge on any atom is -0.497 e. The van der Waals surface area contributed by atoms with Crippen LogP contribution in [-0.4, -0.2) is 37.6 Å². The molecule has 1 saturated heterocycles. The van der Waals surface area contributed by atoms with Crippen molar-refractivity contribution in [2.45, 2.75) is 45.1 Å². The molecule has 3 rings (SSSR count). The lowest BCUT2D eigenvalue weighted by atomic mass is 10.0. The first kappa shape index (κ1) is 20.4. The van der Waals surface area contributed by atoms with E-state index in [0.29, 0.717) is 13.0 Å². The highest BCUT2D eigenvalue weighted by molar-refractivity contribution is 5.78. The fourth-order valence-corrected chi connectivity index (χ4v) is 3.85. The van der Waals surface area contributed by atoms with Gasteiger partial charge in [-0.1, -0.05) is 54.8 Å². The number of hydrogen-bond acceptors (Lipinski definition) is 3. The number of rotatable bonds is 7. The van der Waals surface area contributed by atoms with E-state index in [1.807, 2.05) is 24.3 Å². The third-order valence-corrected chi connectivity index (χ3v) is 5.56. The van der Waals surface area contributed by atoms with Crippen molar-refractivity contribution < 1.29 is 9.53 Å². The summed E-state index contributed by atoms with van der Waals surface area (Å²) >= 11 is 0. The summed E-state index contributed by atoms with van der Waals surface area (Å²) in [5.41, 5.74) is 3.55. The number of carbonyl (C=O) groups is 1. The third kappa shape index (κ3) is 5.83. The summed E-state index contributed by atoms with van der Waals surface area (Å²) in [6.45, 7) is 4.97. The fraction of sp³-hybridized carbons (Fsp3) is 0.458. The smallest absolute Gasteiger partial charge is 0.224 e. The Bertz CT molecular complexity index is 732. The normalized spacial score (nSPS) is 16.2. The fourth-order valence-electron chi connectivity index (χ4n) is 3.85. The summed E-state index contributed by atoms with van der Waals surface area (Å²) in [7, 11) is 1.65. The summed E-state index contributed by atoms with van der Waals surface area (Å²) < 4.78 is 5.18. The van der Waals surface area contributed by atoms with Gasteiger partial charge in [-0.3, -0.25) is 9.69 Å². The number of nitrogens with zero attached hydrogens (tertiary/aromatic N) is 1. The zero-order valence-electron chi connectivity index (χ0n) is 17.1. The van der Waals surface area contributed by atoms with Crippen LogP contribution in [0.25, 0.3) is 0 Å². The molecule has 1 aliphatic heterocycles. The van der Waals surface area contributed by atoms with E-state index >= 15 is 0 Å². The van der Waals surface area contributed by atoms with Crippen molar-refractivity contribution in [1.82, 2.24) is 10.2 Å². The number of nitrogens with one attached hydrogen (secondary N) is 1. The van der Waals surface area contributed by atoms with Gasteiger partial charge in [-0.05, 0) is 56.1 Å². The molecule has 0 bridgehead atoms. The second-order valence-corrected chi connectivity index (χ2v) is 7.71. The lowest BCUT2D eigenvalue weighted by molar-refractivity contribution is -0.120. The van der Waals surface area contributed by atoms with Gasteiger partial charge in [-0.2, -0.15) is 0 Å². The van der Waals surface area contributed by atoms with Crippen LogP contribution in [0.2, 0.25) is 0 Å². The second kappa shape index (κ2) is 10.3. The number of likely N-dealkylation sites (tertiary alicyclic amines) is 1. The van der Waals surface area contributed by atoms with Crippen LogP contribution in [0.15, 0.2) is 48.5 Å². The van der Waals surface area contributed by atoms with Crippen LogP contribution in [0.3, 0.4) is 0 Å². The molecule has 0 spiro atoms. The van der Waals surface area contributed by atoms with Gasteiger partial charge >= 0.3 is 0 Å². The van der Waals surface area contributed by atoms with Gasteiger partial charge in [-0.15, -0.1) is 0 Å². The molecular formula is C24H32N2O2. The van der Waals surface area contributed by atoms with E-state index in [9.17, 15) is 4.79 Å². The van der Waals surface area contributed by atoms with Crippen molar-refractivity contribution in [3.63, 3.8) is 0 Å². The van der Waals surface area contributed by atoms with Gasteiger partial charge in [0.05, 0.1) is 19.6 Å². The van der Waals surface area contributed by atoms with Gasteiger partial charge in [0.2, 0.25) is 5.91 Å². The van der Waals surface area contributed by atoms with E-state index in [1.165, 1.54) is 36.8 Å². The molecule has 1 N–H and O–H groups in total. The highest BCUT2D eigenvalue weighted by Crippen LogP contribution is 2.24. The Morgan fingerprint density at radius 1 is 1.00 bits per heavy atom. The SMILES string of the molecule is COc1ccc(CC(=O)NCC(c2ccc(C)cc2)N2CCCCCC2)cc1. The molecule has 1 aliphatic rings. The molecule has 0 aliphatic carbocycles. The monoisotopic (exact) mass is 380 g/mol. The van der Waals surface area contributed by atoms with E-state index in [0.717, 1.165) is 24.4 Å². The Kier molecular flexibility index (Phi) is 7.49. The maximum Gasteiger partial charge on any atom is 0.224 e. The first-order chi connectivity index (χ1) is 13.7. The highest BCUT2D eigenvalue weighted by atomic mass is 16.5. The maximum atomic E-state index is 12.5. The predicted octanol–water partition coefficient (Wildman–Crippen LogP) is 4.28. The van der Waals surface area contributed by atoms with Gasteiger partial charge in [-0.25, -0.2) is 0 Å². The van der Waals surface area contributed by atoms with E-state index in [1.54, 1.807) is 7.11 Å². The Balaban J connectivity index is 1.64. The number of carbonyl (C=O) groups excluding carboxylic acids is 1. The molecule has 1 amide bonds. The Morgan fingerprint density at radius 3 is 2.25 bits per heavy atom. The molecule has 1 unspecified atom stereocenters. The third-order valence-electron chi connectivity index (χ3n) is 5.56. The van der Waals surface area contributed by atoms with Crippen LogP contribution in [0.1, 0.15) is 48.4 Å². The number of aryl methyl sites for hydroxylation is 1. The standard InChI is InChI=1S/C24H32N2O2/c1-19-7-11-21(12-8-19)23(26-15-5-3-4-6-16-26)18-25-24(27)17-20-9-13-22(28-2)14-10-20/h7-14,23H,3-6,15-18H2,1-2H3,(H,25,27). The molecule has 4 nitrogen and oxygen atoms in total. The van der Waals surface area contributed by atoms with Gasteiger partial charge in [0.1, 0.15) is 5.75 Å². The summed E-state index contributed by atoms with van der Waals surface area (Å²) in [6, 6.07) is 16.7. The van der Waals surface area contributed by atoms with Crippen molar-refractivity contribution in [3.8, 4) is 5.75 Å². The quantitative estimate of drug-likeness (QED) is 0.779. The molecule has 1 atom stereocenters. The van der Waals surface area contributed by atoms with Crippen molar-refractivity contribution in [3.05, 3.63) is 65.2 Å². The topological polar surface area (TPSA) is 41.6 Å². The predicted molar refractivity (Wildman–Crippen MR) is 114 cm³/mol. The summed E-state index contributed by atoms with van der Waals surface area (Å²) in [4.78, 5) is 15.1. The van der Waals surface area contributed by atoms with Gasteiger partial charge < -0.3 is 10.1 Å². The number of amides is 1. The largest absolute Gasteiger partial charge is 0.497 e. The maximum absolute atomic E-state index is 12.5. The molecule has 150 valence electrons. The Morgan fingerprint density at radius 2 is 1.64 bits per heavy atom. The average Bonchev–Trinajstić information content (AvgIpc) is 2.99. The number of methoxy groups -OCH3 is 1. The molecular weight excluding hydrogens is 348 g/mol. The molecule has 4 heteroatoms. The minimum atomic E-state index is 0.0668. The molecule has 2 aromatic carbocycles. The highest BCUT2D eigenvalue weighted by Gasteiger charge is 2.22. The minimum absolute atomic E-state index is 0.0668. The van der Waals surface area contributed by atoms with Crippen molar-refractivity contribution in [1.29, 1.82) is 0 Å². The van der Waals surface area contributed by atoms with Crippen molar-refractivity contribution in [2.75, 3.05) is 26.7 Å². The first-order valence-corrected chi connectivity index (χ1v) is 10.4. The zero-order valence-corrected chi connectivity index (χ0v) is 17.1. The number of ether oxygens (including phenoxy) is 1. The van der Waals surface area contributed by atoms with Crippen molar-refractivity contribution >= 4 is 5.91 Å². The van der Waals surface area contributed by atoms with Crippen LogP contribution in [0, 0.1) is 6.92 Å². The molecule has 1 fully saturated rings. The summed E-state index contributed by atoms with van der Waals surface area (Å²) in [5.74, 6) is 0.877. The molecule has 28 heavy (non-hydrogen) atoms. The number of hydrogen-bond donors (Lipinski definition) is 1. The van der Waals surface area contributed by atoms with Crippen LogP contribution in [0.4, 0.5) is 0 Å². The van der Waals surface area contributed by atoms with E-state index in [-0.39, 0.29) is 11.9 Å². The van der Waals surface area contributed by atoms with Gasteiger partial charge in [0.15, 0.2) is 0 Å². The molecule has 0 aromatic heterocycles. The van der Waals surface area contributed by atoms with Crippen molar-refractivity contribution in [2.24, 2.45) is 0 Å². The number of benzene rings is 2. The zero-order chi connectivity index (χ0) is 19.8. The van der Waals surface area contributed by atoms with Gasteiger partial charge in [0.25, 0.3) is 0 Å². The molecule has 0 saturated carbocycles. The molecule has 0 radical (unpaired) electrons. The average molecular weight is 381 g/mol. The van der Waals surface area contributed by atoms with Gasteiger partial charge in [0, 0.05) is 6.54 Å². The lowest BCUT2D eigenvalue weighted by Gasteiger charge is -2.31.